The van der Waals surface area contributed by atoms with Gasteiger partial charge in [-0.25, -0.2) is 0 Å². The van der Waals surface area contributed by atoms with Crippen LogP contribution in [-0.4, -0.2) is 50.1 Å². The number of benzene rings is 1. The highest BCUT2D eigenvalue weighted by Crippen LogP contribution is 2.31. The zero-order valence-corrected chi connectivity index (χ0v) is 26.1. The normalized spacial score (nSPS) is 13.4. The quantitative estimate of drug-likeness (QED) is 0.0764. The lowest BCUT2D eigenvalue weighted by Gasteiger charge is -2.38. The minimum atomic E-state index is -0.112. The van der Waals surface area contributed by atoms with E-state index in [9.17, 15) is 4.79 Å². The number of rotatable bonds is 15. The maximum atomic E-state index is 12.9. The summed E-state index contributed by atoms with van der Waals surface area (Å²) in [7, 11) is 0. The molecule has 2 N–H and O–H groups in total. The van der Waals surface area contributed by atoms with Gasteiger partial charge in [0.25, 0.3) is 5.91 Å². The Morgan fingerprint density at radius 1 is 1.02 bits per heavy atom. The number of hydrogen-bond acceptors (Lipinski definition) is 5. The van der Waals surface area contributed by atoms with E-state index in [2.05, 4.69) is 73.1 Å². The first-order valence-electron chi connectivity index (χ1n) is 14.8. The van der Waals surface area contributed by atoms with Crippen LogP contribution in [0.3, 0.4) is 0 Å². The van der Waals surface area contributed by atoms with Crippen LogP contribution in [-0.2, 0) is 9.53 Å². The molecule has 0 aliphatic carbocycles. The topological polar surface area (TPSA) is 56.8 Å². The van der Waals surface area contributed by atoms with Crippen molar-refractivity contribution in [2.75, 3.05) is 49.5 Å². The average Bonchev–Trinajstić information content (AvgIpc) is 2.95. The molecule has 1 aliphatic rings. The molecule has 2 rings (SSSR count). The minimum Gasteiger partial charge on any atom is -0.480 e. The smallest absolute Gasteiger partial charge is 0.251 e. The third kappa shape index (κ3) is 12.6. The van der Waals surface area contributed by atoms with E-state index < -0.39 is 0 Å². The standard InChI is InChI=1S/C27H40N4O2.C7H14/c1-7-10-12-21(4)27(32)29-25-20-24(22(5)28-15-11-8-2)13-14-26(25)31-18-16-30(17-19-31)23(6)33-9-3;1-4-5-6-7(2)3/h7,10,12-14,20,28H,5-6,8-9,11,15-19H2,1-4H3,(H,29,32);2,4-6H2,1,3H3/b10-7-,21-12+;. The van der Waals surface area contributed by atoms with Crippen molar-refractivity contribution in [3.05, 3.63) is 78.8 Å². The van der Waals surface area contributed by atoms with Gasteiger partial charge >= 0.3 is 0 Å². The molecule has 0 saturated carbocycles. The molecule has 1 amide bonds. The van der Waals surface area contributed by atoms with E-state index >= 15 is 0 Å². The second-order valence-electron chi connectivity index (χ2n) is 10.2. The highest BCUT2D eigenvalue weighted by molar-refractivity contribution is 6.05. The third-order valence-corrected chi connectivity index (χ3v) is 6.60. The molecule has 0 unspecified atom stereocenters. The molecule has 222 valence electrons. The molecule has 1 aromatic rings. The van der Waals surface area contributed by atoms with Crippen LogP contribution in [0.15, 0.2) is 73.2 Å². The highest BCUT2D eigenvalue weighted by atomic mass is 16.5. The molecule has 40 heavy (non-hydrogen) atoms. The summed E-state index contributed by atoms with van der Waals surface area (Å²) < 4.78 is 5.57. The summed E-state index contributed by atoms with van der Waals surface area (Å²) in [6.07, 6.45) is 11.6. The number of allylic oxidation sites excluding steroid dienone is 4. The minimum absolute atomic E-state index is 0.112. The average molecular weight is 551 g/mol. The van der Waals surface area contributed by atoms with Crippen LogP contribution < -0.4 is 15.5 Å². The van der Waals surface area contributed by atoms with Gasteiger partial charge in [-0.05, 0) is 71.2 Å². The van der Waals surface area contributed by atoms with Crippen LogP contribution in [0.4, 0.5) is 11.4 Å². The first-order chi connectivity index (χ1) is 19.2. The number of piperazine rings is 1. The Hall–Kier alpha value is -3.41. The summed E-state index contributed by atoms with van der Waals surface area (Å²) >= 11 is 0. The van der Waals surface area contributed by atoms with Gasteiger partial charge < -0.3 is 25.2 Å². The summed E-state index contributed by atoms with van der Waals surface area (Å²) in [5, 5.41) is 6.51. The summed E-state index contributed by atoms with van der Waals surface area (Å²) in [6.45, 7) is 29.0. The van der Waals surface area contributed by atoms with E-state index in [0.717, 1.165) is 74.1 Å². The monoisotopic (exact) mass is 550 g/mol. The SMILES string of the molecule is C=C(C)CCCC.C=C(NCCCC)c1ccc(N2CCN(C(=C)OCC)CC2)c(NC(=O)/C(C)=C/C=C\C)c1. The van der Waals surface area contributed by atoms with E-state index in [1.165, 1.54) is 24.8 Å². The number of hydrogen-bond donors (Lipinski definition) is 2. The van der Waals surface area contributed by atoms with E-state index in [-0.39, 0.29) is 5.91 Å². The van der Waals surface area contributed by atoms with E-state index in [1.54, 1.807) is 0 Å². The summed E-state index contributed by atoms with van der Waals surface area (Å²) in [6, 6.07) is 6.17. The van der Waals surface area contributed by atoms with E-state index in [1.807, 2.05) is 45.1 Å². The Morgan fingerprint density at radius 3 is 2.25 bits per heavy atom. The lowest BCUT2D eigenvalue weighted by Crippen LogP contribution is -2.46. The van der Waals surface area contributed by atoms with Crippen LogP contribution in [0.1, 0.15) is 79.2 Å². The fourth-order valence-electron chi connectivity index (χ4n) is 4.09. The summed E-state index contributed by atoms with van der Waals surface area (Å²) in [4.78, 5) is 17.3. The van der Waals surface area contributed by atoms with Gasteiger partial charge in [0.15, 0.2) is 5.88 Å². The van der Waals surface area contributed by atoms with Crippen LogP contribution in [0.2, 0.25) is 0 Å². The van der Waals surface area contributed by atoms with Crippen LogP contribution in [0, 0.1) is 0 Å². The molecular weight excluding hydrogens is 496 g/mol. The lowest BCUT2D eigenvalue weighted by molar-refractivity contribution is -0.112. The maximum Gasteiger partial charge on any atom is 0.251 e. The van der Waals surface area contributed by atoms with Crippen molar-refractivity contribution in [2.24, 2.45) is 0 Å². The highest BCUT2D eigenvalue weighted by Gasteiger charge is 2.22. The van der Waals surface area contributed by atoms with Crippen LogP contribution in [0.25, 0.3) is 5.70 Å². The lowest BCUT2D eigenvalue weighted by atomic mass is 10.1. The number of anilines is 2. The maximum absolute atomic E-state index is 12.9. The van der Waals surface area contributed by atoms with Crippen molar-refractivity contribution < 1.29 is 9.53 Å². The molecule has 0 aromatic heterocycles. The Bertz CT molecular complexity index is 1020. The number of unbranched alkanes of at least 4 members (excludes halogenated alkanes) is 2. The zero-order valence-electron chi connectivity index (χ0n) is 26.1. The fraction of sp³-hybridized carbons (Fsp3) is 0.500. The molecule has 1 aliphatic heterocycles. The number of carbonyl (C=O) groups is 1. The molecule has 1 fully saturated rings. The number of amides is 1. The zero-order chi connectivity index (χ0) is 29.9. The largest absolute Gasteiger partial charge is 0.480 e. The first-order valence-corrected chi connectivity index (χ1v) is 14.8. The Morgan fingerprint density at radius 2 is 1.70 bits per heavy atom. The van der Waals surface area contributed by atoms with Gasteiger partial charge in [-0.2, -0.15) is 0 Å². The Balaban J connectivity index is 0.00000101. The third-order valence-electron chi connectivity index (χ3n) is 6.60. The van der Waals surface area contributed by atoms with E-state index in [4.69, 9.17) is 4.74 Å². The number of nitrogens with one attached hydrogen (secondary N) is 2. The van der Waals surface area contributed by atoms with Gasteiger partial charge in [0.2, 0.25) is 0 Å². The van der Waals surface area contributed by atoms with Crippen molar-refractivity contribution in [1.29, 1.82) is 0 Å². The molecule has 0 spiro atoms. The summed E-state index contributed by atoms with van der Waals surface area (Å²) in [5.41, 5.74) is 5.60. The Labute approximate surface area is 244 Å². The molecule has 6 nitrogen and oxygen atoms in total. The van der Waals surface area contributed by atoms with E-state index in [0.29, 0.717) is 12.2 Å². The van der Waals surface area contributed by atoms with Crippen LogP contribution in [0.5, 0.6) is 0 Å². The number of carbonyl (C=O) groups excluding carboxylic acids is 1. The van der Waals surface area contributed by atoms with Gasteiger partial charge in [0.05, 0.1) is 18.0 Å². The first kappa shape index (κ1) is 34.6. The van der Waals surface area contributed by atoms with Crippen molar-refractivity contribution >= 4 is 23.0 Å². The Kier molecular flexibility index (Phi) is 17.0. The van der Waals surface area contributed by atoms with Gasteiger partial charge in [-0.15, -0.1) is 6.58 Å². The fourth-order valence-corrected chi connectivity index (χ4v) is 4.09. The molecular formula is C34H54N4O2. The van der Waals surface area contributed by atoms with Crippen molar-refractivity contribution in [1.82, 2.24) is 10.2 Å². The van der Waals surface area contributed by atoms with Crippen molar-refractivity contribution in [3.63, 3.8) is 0 Å². The number of ether oxygens (including phenoxy) is 1. The van der Waals surface area contributed by atoms with Gasteiger partial charge in [0, 0.05) is 44.0 Å². The van der Waals surface area contributed by atoms with Gasteiger partial charge in [0.1, 0.15) is 0 Å². The molecule has 0 atom stereocenters. The molecule has 0 bridgehead atoms. The van der Waals surface area contributed by atoms with Gasteiger partial charge in [-0.1, -0.05) is 63.1 Å². The predicted molar refractivity (Wildman–Crippen MR) is 174 cm³/mol. The molecule has 1 saturated heterocycles. The molecule has 1 aromatic carbocycles. The number of nitrogens with zero attached hydrogens (tertiary/aromatic N) is 2. The second-order valence-corrected chi connectivity index (χ2v) is 10.2. The summed E-state index contributed by atoms with van der Waals surface area (Å²) in [5.74, 6) is 0.611. The molecule has 0 radical (unpaired) electrons. The second kappa shape index (κ2) is 19.6. The molecule has 1 heterocycles. The van der Waals surface area contributed by atoms with Crippen LogP contribution >= 0.6 is 0 Å². The van der Waals surface area contributed by atoms with Crippen molar-refractivity contribution in [3.8, 4) is 0 Å². The predicted octanol–water partition coefficient (Wildman–Crippen LogP) is 7.89. The van der Waals surface area contributed by atoms with Crippen molar-refractivity contribution in [2.45, 2.75) is 73.6 Å². The van der Waals surface area contributed by atoms with Gasteiger partial charge in [-0.3, -0.25) is 4.79 Å². The molecule has 6 heteroatoms.